The molecule has 36 heavy (non-hydrogen) atoms. The lowest BCUT2D eigenvalue weighted by Crippen LogP contribution is -2.09. The number of hydrogen-bond acceptors (Lipinski definition) is 6. The highest BCUT2D eigenvalue weighted by Crippen LogP contribution is 2.27. The molecular formula is C30H30O6. The number of rotatable bonds is 13. The van der Waals surface area contributed by atoms with Gasteiger partial charge in [-0.1, -0.05) is 24.3 Å². The van der Waals surface area contributed by atoms with Crippen LogP contribution in [0.2, 0.25) is 0 Å². The quantitative estimate of drug-likeness (QED) is 0.176. The van der Waals surface area contributed by atoms with Crippen molar-refractivity contribution in [3.05, 3.63) is 72.8 Å². The van der Waals surface area contributed by atoms with Crippen LogP contribution in [0, 0.1) is 0 Å². The Morgan fingerprint density at radius 1 is 0.472 bits per heavy atom. The van der Waals surface area contributed by atoms with Crippen molar-refractivity contribution in [2.75, 3.05) is 39.6 Å². The third kappa shape index (κ3) is 6.20. The summed E-state index contributed by atoms with van der Waals surface area (Å²) < 4.78 is 34.1. The van der Waals surface area contributed by atoms with Gasteiger partial charge in [0.25, 0.3) is 0 Å². The van der Waals surface area contributed by atoms with Crippen molar-refractivity contribution < 1.29 is 28.4 Å². The van der Waals surface area contributed by atoms with Gasteiger partial charge in [0, 0.05) is 12.8 Å². The molecule has 0 spiro atoms. The molecule has 2 aliphatic heterocycles. The average Bonchev–Trinajstić information content (AvgIpc) is 3.83. The Bertz CT molecular complexity index is 1220. The predicted octanol–water partition coefficient (Wildman–Crippen LogP) is 5.79. The van der Waals surface area contributed by atoms with Crippen LogP contribution in [-0.2, 0) is 9.47 Å². The normalized spacial score (nSPS) is 18.2. The zero-order valence-electron chi connectivity index (χ0n) is 20.2. The Balaban J connectivity index is 1.00. The van der Waals surface area contributed by atoms with E-state index in [1.54, 1.807) is 0 Å². The minimum Gasteiger partial charge on any atom is -0.493 e. The largest absolute Gasteiger partial charge is 0.493 e. The molecule has 4 aromatic carbocycles. The second kappa shape index (κ2) is 10.6. The molecule has 2 aliphatic rings. The fourth-order valence-electron chi connectivity index (χ4n) is 4.17. The molecule has 0 N–H and O–H groups in total. The Hall–Kier alpha value is -3.48. The van der Waals surface area contributed by atoms with Gasteiger partial charge in [0.05, 0.1) is 38.6 Å². The van der Waals surface area contributed by atoms with Gasteiger partial charge in [-0.2, -0.15) is 0 Å². The van der Waals surface area contributed by atoms with Crippen LogP contribution in [0.3, 0.4) is 0 Å². The summed E-state index contributed by atoms with van der Waals surface area (Å²) in [6.45, 7) is 3.96. The molecule has 186 valence electrons. The lowest BCUT2D eigenvalue weighted by atomic mass is 10.1. The smallest absolute Gasteiger partial charge is 0.122 e. The summed E-state index contributed by atoms with van der Waals surface area (Å²) in [7, 11) is 0. The van der Waals surface area contributed by atoms with Gasteiger partial charge in [-0.25, -0.2) is 0 Å². The van der Waals surface area contributed by atoms with E-state index in [-0.39, 0.29) is 0 Å². The molecule has 0 aromatic heterocycles. The number of hydrogen-bond donors (Lipinski definition) is 0. The number of ether oxygens (including phenoxy) is 6. The molecule has 0 amide bonds. The van der Waals surface area contributed by atoms with E-state index in [1.807, 2.05) is 36.4 Å². The average molecular weight is 487 g/mol. The summed E-state index contributed by atoms with van der Waals surface area (Å²) in [6.07, 6.45) is 2.63. The molecule has 0 saturated carbocycles. The van der Waals surface area contributed by atoms with Crippen molar-refractivity contribution in [1.82, 2.24) is 0 Å². The maximum absolute atomic E-state index is 5.96. The lowest BCUT2D eigenvalue weighted by Gasteiger charge is -2.11. The standard InChI is InChI=1S/C30H30O6/c1-5-25(31-11-9-29-19-35-29)15-23-17-27(7-3-21(1)23)33-13-14-34-28-8-4-22-2-6-26(16-24(22)18-28)32-12-10-30-20-36-30/h1-8,15-18,29-30H,9-14,19-20H2. The fourth-order valence-corrected chi connectivity index (χ4v) is 4.17. The molecule has 0 bridgehead atoms. The van der Waals surface area contributed by atoms with Gasteiger partial charge in [-0.15, -0.1) is 0 Å². The molecule has 2 unspecified atom stereocenters. The SMILES string of the molecule is c1cc2ccc(OCCC3CO3)cc2cc1OCCOc1ccc2ccc(OCCC3CO3)cc2c1. The van der Waals surface area contributed by atoms with Crippen molar-refractivity contribution >= 4 is 21.5 Å². The highest BCUT2D eigenvalue weighted by molar-refractivity contribution is 5.86. The first kappa shape index (κ1) is 23.0. The number of fused-ring (bicyclic) bond motifs is 2. The van der Waals surface area contributed by atoms with Crippen LogP contribution in [0.1, 0.15) is 12.8 Å². The third-order valence-corrected chi connectivity index (χ3v) is 6.41. The van der Waals surface area contributed by atoms with Crippen LogP contribution in [0.25, 0.3) is 21.5 Å². The van der Waals surface area contributed by atoms with Crippen LogP contribution in [0.5, 0.6) is 23.0 Å². The Morgan fingerprint density at radius 2 is 0.806 bits per heavy atom. The number of benzene rings is 4. The summed E-state index contributed by atoms with van der Waals surface area (Å²) in [6, 6.07) is 24.4. The third-order valence-electron chi connectivity index (χ3n) is 6.41. The van der Waals surface area contributed by atoms with Gasteiger partial charge in [-0.3, -0.25) is 0 Å². The van der Waals surface area contributed by atoms with E-state index < -0.39 is 0 Å². The minimum absolute atomic E-state index is 0.381. The molecule has 2 atom stereocenters. The molecule has 6 nitrogen and oxygen atoms in total. The van der Waals surface area contributed by atoms with Gasteiger partial charge in [-0.05, 0) is 70.1 Å². The second-order valence-corrected chi connectivity index (χ2v) is 9.22. The van der Waals surface area contributed by atoms with Crippen LogP contribution in [-0.4, -0.2) is 51.8 Å². The molecule has 2 heterocycles. The summed E-state index contributed by atoms with van der Waals surface area (Å²) in [5.41, 5.74) is 0. The zero-order valence-corrected chi connectivity index (χ0v) is 20.2. The molecule has 4 aromatic rings. The van der Waals surface area contributed by atoms with E-state index in [1.165, 1.54) is 0 Å². The molecule has 6 rings (SSSR count). The van der Waals surface area contributed by atoms with E-state index in [0.29, 0.717) is 38.6 Å². The van der Waals surface area contributed by atoms with E-state index in [2.05, 4.69) is 36.4 Å². The Morgan fingerprint density at radius 3 is 1.14 bits per heavy atom. The van der Waals surface area contributed by atoms with Crippen LogP contribution < -0.4 is 18.9 Å². The topological polar surface area (TPSA) is 62.0 Å². The van der Waals surface area contributed by atoms with Gasteiger partial charge in [0.2, 0.25) is 0 Å². The summed E-state index contributed by atoms with van der Waals surface area (Å²) in [5, 5.41) is 4.48. The monoisotopic (exact) mass is 486 g/mol. The van der Waals surface area contributed by atoms with Gasteiger partial charge < -0.3 is 28.4 Å². The van der Waals surface area contributed by atoms with E-state index in [9.17, 15) is 0 Å². The molecule has 0 radical (unpaired) electrons. The summed E-state index contributed by atoms with van der Waals surface area (Å²) in [4.78, 5) is 0. The first-order valence-corrected chi connectivity index (χ1v) is 12.6. The Kier molecular flexibility index (Phi) is 6.79. The number of epoxide rings is 2. The minimum atomic E-state index is 0.381. The fraction of sp³-hybridized carbons (Fsp3) is 0.333. The highest BCUT2D eigenvalue weighted by Gasteiger charge is 2.22. The van der Waals surface area contributed by atoms with Crippen molar-refractivity contribution in [2.24, 2.45) is 0 Å². The first-order valence-electron chi connectivity index (χ1n) is 12.6. The summed E-state index contributed by atoms with van der Waals surface area (Å²) in [5.74, 6) is 3.36. The molecule has 2 saturated heterocycles. The maximum Gasteiger partial charge on any atom is 0.122 e. The van der Waals surface area contributed by atoms with Crippen LogP contribution in [0.15, 0.2) is 72.8 Å². The van der Waals surface area contributed by atoms with E-state index in [0.717, 1.165) is 70.6 Å². The maximum atomic E-state index is 5.96. The van der Waals surface area contributed by atoms with Crippen molar-refractivity contribution in [1.29, 1.82) is 0 Å². The van der Waals surface area contributed by atoms with Gasteiger partial charge in [0.1, 0.15) is 36.2 Å². The van der Waals surface area contributed by atoms with E-state index in [4.69, 9.17) is 28.4 Å². The highest BCUT2D eigenvalue weighted by atomic mass is 16.6. The zero-order chi connectivity index (χ0) is 24.2. The van der Waals surface area contributed by atoms with Crippen LogP contribution >= 0.6 is 0 Å². The predicted molar refractivity (Wildman–Crippen MR) is 139 cm³/mol. The van der Waals surface area contributed by atoms with Gasteiger partial charge >= 0.3 is 0 Å². The van der Waals surface area contributed by atoms with E-state index >= 15 is 0 Å². The lowest BCUT2D eigenvalue weighted by molar-refractivity contribution is 0.217. The second-order valence-electron chi connectivity index (χ2n) is 9.22. The van der Waals surface area contributed by atoms with Crippen LogP contribution in [0.4, 0.5) is 0 Å². The Labute approximate surface area is 210 Å². The molecule has 6 heteroatoms. The van der Waals surface area contributed by atoms with Crippen molar-refractivity contribution in [2.45, 2.75) is 25.0 Å². The first-order chi connectivity index (χ1) is 17.8. The molecule has 2 fully saturated rings. The molecule has 0 aliphatic carbocycles. The van der Waals surface area contributed by atoms with Crippen molar-refractivity contribution in [3.63, 3.8) is 0 Å². The summed E-state index contributed by atoms with van der Waals surface area (Å²) >= 11 is 0. The van der Waals surface area contributed by atoms with Crippen molar-refractivity contribution in [3.8, 4) is 23.0 Å². The molecular weight excluding hydrogens is 456 g/mol. The van der Waals surface area contributed by atoms with Gasteiger partial charge in [0.15, 0.2) is 0 Å².